The van der Waals surface area contributed by atoms with E-state index in [4.69, 9.17) is 17.3 Å². The van der Waals surface area contributed by atoms with E-state index in [9.17, 15) is 13.2 Å². The normalized spacial score (nSPS) is 18.6. The number of benzene rings is 2. The lowest BCUT2D eigenvalue weighted by molar-refractivity contribution is -0.115. The van der Waals surface area contributed by atoms with Crippen LogP contribution >= 0.6 is 24.0 Å². The minimum atomic E-state index is -3.61. The zero-order valence-electron chi connectivity index (χ0n) is 18.9. The van der Waals surface area contributed by atoms with Gasteiger partial charge in [-0.15, -0.1) is 0 Å². The molecule has 1 aromatic heterocycles. The summed E-state index contributed by atoms with van der Waals surface area (Å²) in [5, 5.41) is 7.41. The summed E-state index contributed by atoms with van der Waals surface area (Å²) < 4.78 is 30.5. The van der Waals surface area contributed by atoms with Gasteiger partial charge in [0.2, 0.25) is 10.0 Å². The van der Waals surface area contributed by atoms with Gasteiger partial charge in [0, 0.05) is 30.4 Å². The van der Waals surface area contributed by atoms with Crippen molar-refractivity contribution in [3.63, 3.8) is 0 Å². The number of hydrogen-bond acceptors (Lipinski definition) is 6. The highest BCUT2D eigenvalue weighted by molar-refractivity contribution is 8.26. The molecule has 2 aliphatic rings. The van der Waals surface area contributed by atoms with Crippen molar-refractivity contribution in [1.82, 2.24) is 19.4 Å². The Morgan fingerprint density at radius 3 is 2.43 bits per heavy atom. The zero-order chi connectivity index (χ0) is 24.4. The molecule has 7 nitrogen and oxygen atoms in total. The second-order valence-corrected chi connectivity index (χ2v) is 12.1. The Bertz CT molecular complexity index is 1410. The molecule has 1 N–H and O–H groups in total. The average Bonchev–Trinajstić information content (AvgIpc) is 3.28. The van der Waals surface area contributed by atoms with Crippen LogP contribution in [0.25, 0.3) is 23.0 Å². The molecule has 2 saturated heterocycles. The third-order valence-corrected chi connectivity index (χ3v) is 9.06. The van der Waals surface area contributed by atoms with Crippen LogP contribution in [-0.4, -0.2) is 45.8 Å². The Labute approximate surface area is 214 Å². The summed E-state index contributed by atoms with van der Waals surface area (Å²) in [6.07, 6.45) is 7.44. The van der Waals surface area contributed by atoms with E-state index in [0.29, 0.717) is 39.1 Å². The maximum absolute atomic E-state index is 13.4. The molecule has 2 aromatic carbocycles. The van der Waals surface area contributed by atoms with E-state index in [2.05, 4.69) is 5.32 Å². The summed E-state index contributed by atoms with van der Waals surface area (Å²) in [4.78, 5) is 13.0. The van der Waals surface area contributed by atoms with Gasteiger partial charge >= 0.3 is 0 Å². The van der Waals surface area contributed by atoms with Gasteiger partial charge in [0.15, 0.2) is 0 Å². The van der Waals surface area contributed by atoms with Gasteiger partial charge in [-0.2, -0.15) is 9.40 Å². The van der Waals surface area contributed by atoms with E-state index in [1.165, 1.54) is 11.8 Å². The molecule has 0 aliphatic carbocycles. The Morgan fingerprint density at radius 1 is 1.00 bits per heavy atom. The van der Waals surface area contributed by atoms with Gasteiger partial charge in [0.25, 0.3) is 5.91 Å². The number of sulfonamides is 1. The van der Waals surface area contributed by atoms with Gasteiger partial charge in [-0.1, -0.05) is 67.2 Å². The van der Waals surface area contributed by atoms with Crippen LogP contribution in [0.3, 0.4) is 0 Å². The molecule has 0 bridgehead atoms. The van der Waals surface area contributed by atoms with Crippen LogP contribution in [0, 0.1) is 0 Å². The predicted octanol–water partition coefficient (Wildman–Crippen LogP) is 4.59. The molecule has 1 amide bonds. The Balaban J connectivity index is 1.58. The van der Waals surface area contributed by atoms with E-state index in [1.54, 1.807) is 33.3 Å². The van der Waals surface area contributed by atoms with Crippen LogP contribution in [0.2, 0.25) is 0 Å². The molecule has 0 saturated carbocycles. The minimum absolute atomic E-state index is 0.249. The standard InChI is InChI=1S/C25H24N4O3S3/c30-24-22(34-25(33)26-24)16-19-17-29(20-10-4-3-5-11-20)27-23(19)18-9-8-12-21(15-18)35(31,32)28-13-6-1-2-7-14-28/h3-5,8-12,15-17H,1-2,6-7,13-14H2,(H,26,30,33)/b22-16-. The van der Waals surface area contributed by atoms with Crippen molar-refractivity contribution in [3.05, 3.63) is 71.3 Å². The molecular formula is C25H24N4O3S3. The number of amides is 1. The zero-order valence-corrected chi connectivity index (χ0v) is 21.3. The summed E-state index contributed by atoms with van der Waals surface area (Å²) in [7, 11) is -3.61. The van der Waals surface area contributed by atoms with Gasteiger partial charge in [0.05, 0.1) is 15.5 Å². The van der Waals surface area contributed by atoms with Gasteiger partial charge in [-0.05, 0) is 43.2 Å². The molecule has 0 radical (unpaired) electrons. The summed E-state index contributed by atoms with van der Waals surface area (Å²) >= 11 is 6.32. The van der Waals surface area contributed by atoms with Crippen molar-refractivity contribution in [2.75, 3.05) is 13.1 Å². The van der Waals surface area contributed by atoms with Crippen LogP contribution in [0.15, 0.2) is 70.6 Å². The second kappa shape index (κ2) is 10.1. The molecule has 3 heterocycles. The first-order chi connectivity index (χ1) is 16.9. The third-order valence-electron chi connectivity index (χ3n) is 6.00. The highest BCUT2D eigenvalue weighted by Gasteiger charge is 2.27. The number of carbonyl (C=O) groups excluding carboxylic acids is 1. The van der Waals surface area contributed by atoms with Crippen molar-refractivity contribution in [3.8, 4) is 16.9 Å². The summed E-state index contributed by atoms with van der Waals surface area (Å²) in [6, 6.07) is 16.5. The van der Waals surface area contributed by atoms with E-state index >= 15 is 0 Å². The van der Waals surface area contributed by atoms with Gasteiger partial charge in [-0.25, -0.2) is 13.1 Å². The number of nitrogens with one attached hydrogen (secondary N) is 1. The fourth-order valence-electron chi connectivity index (χ4n) is 4.23. The SMILES string of the molecule is O=C1NC(=S)S/C1=C\c1cn(-c2ccccc2)nc1-c1cccc(S(=O)(=O)N2CCCCCC2)c1. The molecule has 180 valence electrons. The minimum Gasteiger partial charge on any atom is -0.307 e. The maximum atomic E-state index is 13.4. The van der Waals surface area contributed by atoms with E-state index < -0.39 is 10.0 Å². The summed E-state index contributed by atoms with van der Waals surface area (Å²) in [5.41, 5.74) is 2.79. The number of thiocarbonyl (C=S) groups is 1. The molecule has 2 aliphatic heterocycles. The lowest BCUT2D eigenvalue weighted by atomic mass is 10.1. The molecular weight excluding hydrogens is 501 g/mol. The fourth-order valence-corrected chi connectivity index (χ4v) is 6.83. The van der Waals surface area contributed by atoms with E-state index in [-0.39, 0.29) is 10.8 Å². The van der Waals surface area contributed by atoms with Crippen LogP contribution in [0.1, 0.15) is 31.2 Å². The lowest BCUT2D eigenvalue weighted by Gasteiger charge is -2.20. The number of nitrogens with zero attached hydrogens (tertiary/aromatic N) is 3. The largest absolute Gasteiger partial charge is 0.307 e. The topological polar surface area (TPSA) is 84.3 Å². The number of rotatable bonds is 5. The Kier molecular flexibility index (Phi) is 6.88. The number of thioether (sulfide) groups is 1. The monoisotopic (exact) mass is 524 g/mol. The number of aromatic nitrogens is 2. The molecule has 35 heavy (non-hydrogen) atoms. The Morgan fingerprint density at radius 2 is 1.74 bits per heavy atom. The van der Waals surface area contributed by atoms with Crippen LogP contribution in [0.5, 0.6) is 0 Å². The lowest BCUT2D eigenvalue weighted by Crippen LogP contribution is -2.31. The fraction of sp³-hybridized carbons (Fsp3) is 0.240. The first-order valence-electron chi connectivity index (χ1n) is 11.4. The molecule has 2 fully saturated rings. The van der Waals surface area contributed by atoms with Crippen LogP contribution in [-0.2, 0) is 14.8 Å². The number of carbonyl (C=O) groups is 1. The van der Waals surface area contributed by atoms with Gasteiger partial charge in [0.1, 0.15) is 10.0 Å². The van der Waals surface area contributed by atoms with Crippen molar-refractivity contribution in [1.29, 1.82) is 0 Å². The molecule has 3 aromatic rings. The van der Waals surface area contributed by atoms with E-state index in [1.807, 2.05) is 42.6 Å². The van der Waals surface area contributed by atoms with Crippen LogP contribution < -0.4 is 5.32 Å². The maximum Gasteiger partial charge on any atom is 0.263 e. The first-order valence-corrected chi connectivity index (χ1v) is 14.1. The molecule has 0 unspecified atom stereocenters. The predicted molar refractivity (Wildman–Crippen MR) is 143 cm³/mol. The number of hydrogen-bond donors (Lipinski definition) is 1. The van der Waals surface area contributed by atoms with Crippen molar-refractivity contribution in [2.24, 2.45) is 0 Å². The average molecular weight is 525 g/mol. The van der Waals surface area contributed by atoms with Crippen LogP contribution in [0.4, 0.5) is 0 Å². The van der Waals surface area contributed by atoms with E-state index in [0.717, 1.165) is 31.4 Å². The van der Waals surface area contributed by atoms with Gasteiger partial charge in [-0.3, -0.25) is 4.79 Å². The molecule has 5 rings (SSSR count). The summed E-state index contributed by atoms with van der Waals surface area (Å²) in [6.45, 7) is 1.08. The van der Waals surface area contributed by atoms with Crippen molar-refractivity contribution in [2.45, 2.75) is 30.6 Å². The van der Waals surface area contributed by atoms with Gasteiger partial charge < -0.3 is 5.32 Å². The van der Waals surface area contributed by atoms with Crippen molar-refractivity contribution >= 4 is 50.3 Å². The number of para-hydroxylation sites is 1. The highest BCUT2D eigenvalue weighted by Crippen LogP contribution is 2.32. The molecule has 0 spiro atoms. The molecule has 10 heteroatoms. The van der Waals surface area contributed by atoms with Crippen molar-refractivity contribution < 1.29 is 13.2 Å². The third kappa shape index (κ3) is 5.11. The quantitative estimate of drug-likeness (QED) is 0.388. The smallest absolute Gasteiger partial charge is 0.263 e. The first kappa shape index (κ1) is 23.9. The Hall–Kier alpha value is -2.79. The molecule has 0 atom stereocenters. The second-order valence-electron chi connectivity index (χ2n) is 8.41. The highest BCUT2D eigenvalue weighted by atomic mass is 32.2. The summed E-state index contributed by atoms with van der Waals surface area (Å²) in [5.74, 6) is -0.254.